The zero-order valence-electron chi connectivity index (χ0n) is 12.0. The van der Waals surface area contributed by atoms with Crippen LogP contribution in [0.4, 0.5) is 0 Å². The molecule has 1 aromatic rings. The lowest BCUT2D eigenvalue weighted by molar-refractivity contribution is 0.0462. The largest absolute Gasteiger partial charge is 0.462 e. The molecular weight excluding hydrogens is 552 g/mol. The van der Waals surface area contributed by atoms with Crippen molar-refractivity contribution in [3.8, 4) is 0 Å². The highest BCUT2D eigenvalue weighted by molar-refractivity contribution is 9.15. The van der Waals surface area contributed by atoms with E-state index in [0.717, 1.165) is 12.8 Å². The first-order valence-corrected chi connectivity index (χ1v) is 9.74. The third-order valence-corrected chi connectivity index (χ3v) is 7.45. The van der Waals surface area contributed by atoms with Gasteiger partial charge in [0.1, 0.15) is 0 Å². The van der Waals surface area contributed by atoms with E-state index in [1.165, 1.54) is 0 Å². The van der Waals surface area contributed by atoms with Crippen LogP contribution in [0.1, 0.15) is 47.4 Å². The second-order valence-corrected chi connectivity index (χ2v) is 7.39. The van der Waals surface area contributed by atoms with Crippen molar-refractivity contribution in [2.75, 3.05) is 13.2 Å². The number of rotatable bonds is 6. The molecule has 0 atom stereocenters. The molecule has 4 nitrogen and oxygen atoms in total. The molecule has 1 aromatic carbocycles. The standard InChI is InChI=1S/C14H14Br4O4/c1-3-5-6-22-14(20)8-7(13(19)21-4-2)9(15)11(17)12(18)10(8)16/h3-6H2,1-2H3. The molecule has 0 aromatic heterocycles. The highest BCUT2D eigenvalue weighted by Gasteiger charge is 2.29. The summed E-state index contributed by atoms with van der Waals surface area (Å²) in [5, 5.41) is 0. The van der Waals surface area contributed by atoms with E-state index in [0.29, 0.717) is 24.5 Å². The van der Waals surface area contributed by atoms with Gasteiger partial charge >= 0.3 is 11.9 Å². The normalized spacial score (nSPS) is 10.5. The van der Waals surface area contributed by atoms with Gasteiger partial charge in [-0.2, -0.15) is 0 Å². The Balaban J connectivity index is 3.39. The highest BCUT2D eigenvalue weighted by atomic mass is 79.9. The molecule has 0 heterocycles. The van der Waals surface area contributed by atoms with E-state index in [2.05, 4.69) is 63.7 Å². The SMILES string of the molecule is CCCCOC(=O)c1c(Br)c(Br)c(Br)c(Br)c1C(=O)OCC. The molecular formula is C14H14Br4O4. The van der Waals surface area contributed by atoms with E-state index in [9.17, 15) is 9.59 Å². The van der Waals surface area contributed by atoms with Gasteiger partial charge in [-0.15, -0.1) is 0 Å². The lowest BCUT2D eigenvalue weighted by Gasteiger charge is -2.15. The van der Waals surface area contributed by atoms with Gasteiger partial charge in [-0.25, -0.2) is 9.59 Å². The van der Waals surface area contributed by atoms with Gasteiger partial charge in [0.2, 0.25) is 0 Å². The lowest BCUT2D eigenvalue weighted by Crippen LogP contribution is -2.17. The average Bonchev–Trinajstić information content (AvgIpc) is 2.48. The van der Waals surface area contributed by atoms with Gasteiger partial charge in [-0.05, 0) is 77.1 Å². The Morgan fingerprint density at radius 1 is 0.818 bits per heavy atom. The second kappa shape index (κ2) is 9.39. The molecule has 0 saturated heterocycles. The second-order valence-electron chi connectivity index (χ2n) is 4.22. The number of hydrogen-bond donors (Lipinski definition) is 0. The van der Waals surface area contributed by atoms with Crippen LogP contribution in [0.3, 0.4) is 0 Å². The molecule has 1 rings (SSSR count). The fourth-order valence-corrected chi connectivity index (χ4v) is 4.04. The molecule has 0 radical (unpaired) electrons. The monoisotopic (exact) mass is 562 g/mol. The average molecular weight is 566 g/mol. The van der Waals surface area contributed by atoms with Crippen molar-refractivity contribution in [1.82, 2.24) is 0 Å². The number of unbranched alkanes of at least 4 members (excludes halogenated alkanes) is 1. The zero-order chi connectivity index (χ0) is 16.9. The Morgan fingerprint density at radius 3 is 1.68 bits per heavy atom. The Kier molecular flexibility index (Phi) is 8.59. The lowest BCUT2D eigenvalue weighted by atomic mass is 10.1. The van der Waals surface area contributed by atoms with E-state index in [-0.39, 0.29) is 17.7 Å². The van der Waals surface area contributed by atoms with Crippen molar-refractivity contribution in [3.05, 3.63) is 29.0 Å². The topological polar surface area (TPSA) is 52.6 Å². The maximum absolute atomic E-state index is 12.4. The molecule has 0 fully saturated rings. The molecule has 0 bridgehead atoms. The Bertz CT molecular complexity index is 587. The first-order chi connectivity index (χ1) is 10.4. The Hall–Kier alpha value is 0.0800. The predicted octanol–water partition coefficient (Wildman–Crippen LogP) is 5.87. The third kappa shape index (κ3) is 4.55. The minimum Gasteiger partial charge on any atom is -0.462 e. The van der Waals surface area contributed by atoms with E-state index >= 15 is 0 Å². The van der Waals surface area contributed by atoms with E-state index in [1.54, 1.807) is 6.92 Å². The smallest absolute Gasteiger partial charge is 0.340 e. The summed E-state index contributed by atoms with van der Waals surface area (Å²) in [6.07, 6.45) is 1.67. The molecule has 8 heteroatoms. The molecule has 122 valence electrons. The quantitative estimate of drug-likeness (QED) is 0.187. The van der Waals surface area contributed by atoms with Gasteiger partial charge in [0.05, 0.1) is 24.3 Å². The van der Waals surface area contributed by atoms with Crippen LogP contribution in [0, 0.1) is 0 Å². The Morgan fingerprint density at radius 2 is 1.27 bits per heavy atom. The van der Waals surface area contributed by atoms with E-state index in [4.69, 9.17) is 9.47 Å². The number of esters is 2. The number of halogens is 4. The van der Waals surface area contributed by atoms with Gasteiger partial charge in [-0.1, -0.05) is 13.3 Å². The van der Waals surface area contributed by atoms with Crippen LogP contribution >= 0.6 is 63.7 Å². The summed E-state index contributed by atoms with van der Waals surface area (Å²) in [7, 11) is 0. The molecule has 0 aliphatic rings. The molecule has 0 aliphatic heterocycles. The van der Waals surface area contributed by atoms with Crippen molar-refractivity contribution < 1.29 is 19.1 Å². The molecule has 0 unspecified atom stereocenters. The van der Waals surface area contributed by atoms with Gasteiger partial charge in [0.15, 0.2) is 0 Å². The predicted molar refractivity (Wildman–Crippen MR) is 98.4 cm³/mol. The van der Waals surface area contributed by atoms with Gasteiger partial charge in [0.25, 0.3) is 0 Å². The van der Waals surface area contributed by atoms with Gasteiger partial charge < -0.3 is 9.47 Å². The summed E-state index contributed by atoms with van der Waals surface area (Å²) >= 11 is 13.4. The van der Waals surface area contributed by atoms with Gasteiger partial charge in [0, 0.05) is 17.9 Å². The maximum atomic E-state index is 12.4. The van der Waals surface area contributed by atoms with Crippen LogP contribution in [0.15, 0.2) is 17.9 Å². The molecule has 0 spiro atoms. The Labute approximate surface area is 162 Å². The van der Waals surface area contributed by atoms with E-state index in [1.807, 2.05) is 6.92 Å². The maximum Gasteiger partial charge on any atom is 0.340 e. The first-order valence-electron chi connectivity index (χ1n) is 6.56. The van der Waals surface area contributed by atoms with Crippen LogP contribution in [-0.2, 0) is 9.47 Å². The molecule has 0 N–H and O–H groups in total. The minimum absolute atomic E-state index is 0.130. The summed E-state index contributed by atoms with van der Waals surface area (Å²) in [5.74, 6) is -1.16. The van der Waals surface area contributed by atoms with E-state index < -0.39 is 11.9 Å². The van der Waals surface area contributed by atoms with Crippen molar-refractivity contribution in [3.63, 3.8) is 0 Å². The summed E-state index contributed by atoms with van der Waals surface area (Å²) in [6.45, 7) is 4.21. The fourth-order valence-electron chi connectivity index (χ4n) is 1.60. The summed E-state index contributed by atoms with van der Waals surface area (Å²) in [4.78, 5) is 24.6. The number of carbonyl (C=O) groups is 2. The summed E-state index contributed by atoms with van der Waals surface area (Å²) in [6, 6.07) is 0. The van der Waals surface area contributed by atoms with Crippen LogP contribution in [0.25, 0.3) is 0 Å². The number of carbonyl (C=O) groups excluding carboxylic acids is 2. The molecule has 0 saturated carbocycles. The molecule has 0 aliphatic carbocycles. The van der Waals surface area contributed by atoms with Crippen LogP contribution < -0.4 is 0 Å². The van der Waals surface area contributed by atoms with Crippen molar-refractivity contribution in [2.24, 2.45) is 0 Å². The van der Waals surface area contributed by atoms with Crippen molar-refractivity contribution >= 4 is 75.7 Å². The number of hydrogen-bond acceptors (Lipinski definition) is 4. The minimum atomic E-state index is -0.592. The number of benzene rings is 1. The fraction of sp³-hybridized carbons (Fsp3) is 0.429. The van der Waals surface area contributed by atoms with Crippen LogP contribution in [0.2, 0.25) is 0 Å². The van der Waals surface area contributed by atoms with Crippen LogP contribution in [0.5, 0.6) is 0 Å². The van der Waals surface area contributed by atoms with Crippen molar-refractivity contribution in [2.45, 2.75) is 26.7 Å². The molecule has 0 amide bonds. The first kappa shape index (κ1) is 20.1. The summed E-state index contributed by atoms with van der Waals surface area (Å²) < 4.78 is 12.4. The van der Waals surface area contributed by atoms with Gasteiger partial charge in [-0.3, -0.25) is 0 Å². The summed E-state index contributed by atoms with van der Waals surface area (Å²) in [5.41, 5.74) is 0.266. The zero-order valence-corrected chi connectivity index (χ0v) is 18.3. The number of ether oxygens (including phenoxy) is 2. The van der Waals surface area contributed by atoms with Crippen LogP contribution in [-0.4, -0.2) is 25.2 Å². The third-order valence-electron chi connectivity index (χ3n) is 2.68. The van der Waals surface area contributed by atoms with Crippen molar-refractivity contribution in [1.29, 1.82) is 0 Å². The highest BCUT2D eigenvalue weighted by Crippen LogP contribution is 2.42. The molecule has 22 heavy (non-hydrogen) atoms.